The average Bonchev–Trinajstić information content (AvgIpc) is 3.62. The van der Waals surface area contributed by atoms with Crippen LogP contribution in [0.4, 0.5) is 38.4 Å². The van der Waals surface area contributed by atoms with Crippen LogP contribution in [0.1, 0.15) is 30.1 Å². The number of carbonyl (C=O) groups excluding carboxylic acids is 1. The molecule has 176 valence electrons. The van der Waals surface area contributed by atoms with Gasteiger partial charge < -0.3 is 15.0 Å². The second-order valence-electron chi connectivity index (χ2n) is 8.21. The number of halogens is 5. The average molecular weight is 470 g/mol. The fourth-order valence-corrected chi connectivity index (χ4v) is 4.21. The number of hydrogen-bond acceptors (Lipinski definition) is 7. The van der Waals surface area contributed by atoms with E-state index in [0.717, 1.165) is 31.3 Å². The molecule has 0 spiro atoms. The molecular weight excluding hydrogens is 451 g/mol. The Morgan fingerprint density at radius 1 is 1.18 bits per heavy atom. The summed E-state index contributed by atoms with van der Waals surface area (Å²) in [6.45, 7) is 1.52. The van der Waals surface area contributed by atoms with E-state index in [1.807, 2.05) is 0 Å². The summed E-state index contributed by atoms with van der Waals surface area (Å²) >= 11 is 0. The van der Waals surface area contributed by atoms with Gasteiger partial charge in [0.1, 0.15) is 23.7 Å². The maximum Gasteiger partial charge on any atom is 0.416 e. The van der Waals surface area contributed by atoms with Gasteiger partial charge in [-0.3, -0.25) is 5.32 Å². The molecule has 5 rings (SSSR count). The van der Waals surface area contributed by atoms with Crippen molar-refractivity contribution >= 4 is 17.7 Å². The molecule has 1 aliphatic carbocycles. The lowest BCUT2D eigenvalue weighted by Crippen LogP contribution is -2.52. The summed E-state index contributed by atoms with van der Waals surface area (Å²) < 4.78 is 73.2. The first-order chi connectivity index (χ1) is 15.7. The van der Waals surface area contributed by atoms with Gasteiger partial charge in [0.2, 0.25) is 0 Å². The number of hydrogen-bond donors (Lipinski definition) is 2. The van der Waals surface area contributed by atoms with Crippen molar-refractivity contribution in [1.82, 2.24) is 20.3 Å². The van der Waals surface area contributed by atoms with Gasteiger partial charge in [-0.25, -0.2) is 28.5 Å². The van der Waals surface area contributed by atoms with Crippen molar-refractivity contribution in [2.75, 3.05) is 29.9 Å². The molecule has 33 heavy (non-hydrogen) atoms. The molecule has 0 radical (unpaired) electrons. The molecule has 0 unspecified atom stereocenters. The number of fused-ring (bicyclic) bond motifs is 1. The second kappa shape index (κ2) is 8.04. The third-order valence-electron chi connectivity index (χ3n) is 5.95. The van der Waals surface area contributed by atoms with Gasteiger partial charge in [-0.2, -0.15) is 13.2 Å². The highest BCUT2D eigenvalue weighted by Gasteiger charge is 2.40. The number of aromatic nitrogens is 3. The van der Waals surface area contributed by atoms with E-state index in [1.165, 1.54) is 0 Å². The molecule has 8 nitrogen and oxygen atoms in total. The molecule has 0 aromatic carbocycles. The second-order valence-corrected chi connectivity index (χ2v) is 8.21. The van der Waals surface area contributed by atoms with Gasteiger partial charge >= 0.3 is 12.3 Å². The Morgan fingerprint density at radius 2 is 1.97 bits per heavy atom. The Hall–Kier alpha value is -3.09. The van der Waals surface area contributed by atoms with Crippen LogP contribution in [-0.2, 0) is 10.9 Å². The van der Waals surface area contributed by atoms with Crippen molar-refractivity contribution in [3.05, 3.63) is 29.6 Å². The molecule has 1 saturated carbocycles. The van der Waals surface area contributed by atoms with Gasteiger partial charge in [0, 0.05) is 25.7 Å². The molecule has 2 N–H and O–H groups in total. The summed E-state index contributed by atoms with van der Waals surface area (Å²) in [6.07, 6.45) is -7.91. The van der Waals surface area contributed by atoms with Crippen molar-refractivity contribution in [2.24, 2.45) is 5.92 Å². The number of rotatable bonds is 4. The lowest BCUT2D eigenvalue weighted by atomic mass is 10.0. The molecule has 1 amide bonds. The number of carbonyl (C=O) groups is 1. The lowest BCUT2D eigenvalue weighted by Gasteiger charge is -2.35. The molecule has 4 heterocycles. The van der Waals surface area contributed by atoms with Crippen molar-refractivity contribution in [3.63, 3.8) is 0 Å². The van der Waals surface area contributed by atoms with Crippen LogP contribution in [-0.4, -0.2) is 53.1 Å². The molecule has 2 aromatic heterocycles. The van der Waals surface area contributed by atoms with Crippen LogP contribution in [0.2, 0.25) is 0 Å². The zero-order valence-corrected chi connectivity index (χ0v) is 17.1. The minimum absolute atomic E-state index is 0.0775. The van der Waals surface area contributed by atoms with Crippen LogP contribution in [0.15, 0.2) is 18.5 Å². The maximum atomic E-state index is 13.7. The summed E-state index contributed by atoms with van der Waals surface area (Å²) in [5, 5.41) is 5.57. The molecule has 2 fully saturated rings. The van der Waals surface area contributed by atoms with E-state index in [-0.39, 0.29) is 34.6 Å². The van der Waals surface area contributed by atoms with Crippen LogP contribution in [0, 0.1) is 5.92 Å². The Balaban J connectivity index is 1.61. The van der Waals surface area contributed by atoms with E-state index < -0.39 is 30.4 Å². The van der Waals surface area contributed by atoms with E-state index in [4.69, 9.17) is 0 Å². The molecule has 1 saturated heterocycles. The molecule has 2 aromatic rings. The lowest BCUT2D eigenvalue weighted by molar-refractivity contribution is -0.137. The third-order valence-corrected chi connectivity index (χ3v) is 5.95. The predicted molar refractivity (Wildman–Crippen MR) is 106 cm³/mol. The molecule has 3 aliphatic rings. The van der Waals surface area contributed by atoms with Gasteiger partial charge in [-0.15, -0.1) is 0 Å². The van der Waals surface area contributed by atoms with E-state index in [9.17, 15) is 26.7 Å². The molecular formula is C20H19F5N6O2. The first kappa shape index (κ1) is 21.7. The number of anilines is 2. The minimum Gasteiger partial charge on any atom is -0.435 e. The zero-order valence-electron chi connectivity index (χ0n) is 17.1. The first-order valence-electron chi connectivity index (χ1n) is 10.4. The predicted octanol–water partition coefficient (Wildman–Crippen LogP) is 3.61. The number of nitrogens with one attached hydrogen (secondary N) is 2. The summed E-state index contributed by atoms with van der Waals surface area (Å²) in [7, 11) is 0. The number of ether oxygens (including phenoxy) is 1. The minimum atomic E-state index is -4.70. The fourth-order valence-electron chi connectivity index (χ4n) is 4.21. The largest absolute Gasteiger partial charge is 0.435 e. The fraction of sp³-hybridized carbons (Fsp3) is 0.500. The zero-order chi connectivity index (χ0) is 23.3. The van der Waals surface area contributed by atoms with Gasteiger partial charge in [-0.1, -0.05) is 0 Å². The summed E-state index contributed by atoms with van der Waals surface area (Å²) in [4.78, 5) is 25.5. The van der Waals surface area contributed by atoms with Crippen molar-refractivity contribution in [1.29, 1.82) is 0 Å². The smallest absolute Gasteiger partial charge is 0.416 e. The van der Waals surface area contributed by atoms with E-state index in [1.54, 1.807) is 4.90 Å². The van der Waals surface area contributed by atoms with Gasteiger partial charge in [0.15, 0.2) is 6.10 Å². The number of amides is 1. The van der Waals surface area contributed by atoms with Gasteiger partial charge in [0.05, 0.1) is 16.8 Å². The first-order valence-corrected chi connectivity index (χ1v) is 10.4. The van der Waals surface area contributed by atoms with Gasteiger partial charge in [0.25, 0.3) is 6.43 Å². The quantitative estimate of drug-likeness (QED) is 0.660. The summed E-state index contributed by atoms with van der Waals surface area (Å²) in [5.41, 5.74) is -1.82. The van der Waals surface area contributed by atoms with Crippen molar-refractivity contribution in [3.8, 4) is 11.4 Å². The molecule has 2 aliphatic heterocycles. The van der Waals surface area contributed by atoms with Crippen LogP contribution in [0.5, 0.6) is 0 Å². The summed E-state index contributed by atoms with van der Waals surface area (Å²) in [6, 6.07) is 1.86. The van der Waals surface area contributed by atoms with E-state index in [2.05, 4.69) is 30.3 Å². The standard InChI is InChI=1S/C20H19F5N6O2/c21-17(22)16-14-15(27-8-28-18(14)30-19(32)33-16)11-5-10(20(23,24)25)6-13(29-11)31-4-3-26-12(7-31)9-1-2-9/h5-6,8-9,12,16-17,26H,1-4,7H2,(H,27,28,30,32)/t12-,16-/m1/s1. The third kappa shape index (κ3) is 4.28. The number of cyclic esters (lactones) is 1. The molecule has 2 atom stereocenters. The van der Waals surface area contributed by atoms with Crippen LogP contribution in [0.25, 0.3) is 11.4 Å². The topological polar surface area (TPSA) is 92.3 Å². The molecule has 13 heteroatoms. The summed E-state index contributed by atoms with van der Waals surface area (Å²) in [5.74, 6) is 0.312. The van der Waals surface area contributed by atoms with Crippen molar-refractivity contribution in [2.45, 2.75) is 37.6 Å². The van der Waals surface area contributed by atoms with Crippen LogP contribution in [0.3, 0.4) is 0 Å². The highest BCUT2D eigenvalue weighted by molar-refractivity contribution is 5.88. The maximum absolute atomic E-state index is 13.7. The van der Waals surface area contributed by atoms with Crippen LogP contribution >= 0.6 is 0 Å². The molecule has 0 bridgehead atoms. The Labute approximate surface area is 184 Å². The normalized spacial score (nSPS) is 23.2. The van der Waals surface area contributed by atoms with Crippen LogP contribution < -0.4 is 15.5 Å². The number of alkyl halides is 5. The SMILES string of the molecule is O=C1Nc2ncnc(-c3cc(C(F)(F)F)cc(N4CCN[C@@H](C5CC5)C4)n3)c2[C@H](C(F)F)O1. The monoisotopic (exact) mass is 470 g/mol. The Morgan fingerprint density at radius 3 is 2.67 bits per heavy atom. The number of piperazine rings is 1. The van der Waals surface area contributed by atoms with Gasteiger partial charge in [-0.05, 0) is 30.9 Å². The highest BCUT2D eigenvalue weighted by atomic mass is 19.4. The highest BCUT2D eigenvalue weighted by Crippen LogP contribution is 2.41. The Bertz CT molecular complexity index is 1080. The number of nitrogens with zero attached hydrogens (tertiary/aromatic N) is 4. The number of pyridine rings is 1. The van der Waals surface area contributed by atoms with E-state index in [0.29, 0.717) is 25.6 Å². The Kier molecular flexibility index (Phi) is 5.30. The van der Waals surface area contributed by atoms with E-state index >= 15 is 0 Å². The van der Waals surface area contributed by atoms with Crippen molar-refractivity contribution < 1.29 is 31.5 Å².